The second-order valence-corrected chi connectivity index (χ2v) is 10.2. The van der Waals surface area contributed by atoms with Gasteiger partial charge in [-0.25, -0.2) is 9.78 Å². The molecule has 0 aliphatic carbocycles. The van der Waals surface area contributed by atoms with Crippen molar-refractivity contribution >= 4 is 17.6 Å². The molecular weight excluding hydrogens is 488 g/mol. The summed E-state index contributed by atoms with van der Waals surface area (Å²) in [6.07, 6.45) is 2.16. The van der Waals surface area contributed by atoms with Gasteiger partial charge in [0.1, 0.15) is 6.04 Å². The Hall–Kier alpha value is -4.39. The fourth-order valence-electron chi connectivity index (χ4n) is 5.54. The van der Waals surface area contributed by atoms with Gasteiger partial charge in [0.25, 0.3) is 0 Å². The average Bonchev–Trinajstić information content (AvgIpc) is 3.34. The number of carbonyl (C=O) groups is 2. The number of amides is 1. The molecule has 0 N–H and O–H groups in total. The quantitative estimate of drug-likeness (QED) is 0.333. The molecule has 0 fully saturated rings. The minimum Gasteiger partial charge on any atom is -0.467 e. The summed E-state index contributed by atoms with van der Waals surface area (Å²) in [7, 11) is 5.45. The number of rotatable bonds is 7. The molecule has 1 aromatic heterocycles. The third-order valence-electron chi connectivity index (χ3n) is 7.48. The van der Waals surface area contributed by atoms with Gasteiger partial charge in [-0.1, -0.05) is 72.8 Å². The zero-order chi connectivity index (χ0) is 27.5. The molecule has 0 unspecified atom stereocenters. The van der Waals surface area contributed by atoms with E-state index >= 15 is 0 Å². The molecule has 5 rings (SSSR count). The zero-order valence-electron chi connectivity index (χ0n) is 22.9. The van der Waals surface area contributed by atoms with E-state index in [0.29, 0.717) is 13.0 Å². The van der Waals surface area contributed by atoms with Crippen molar-refractivity contribution < 1.29 is 14.3 Å². The van der Waals surface area contributed by atoms with Crippen molar-refractivity contribution in [3.8, 4) is 0 Å². The summed E-state index contributed by atoms with van der Waals surface area (Å²) < 4.78 is 7.28. The van der Waals surface area contributed by atoms with Crippen LogP contribution < -0.4 is 4.90 Å². The number of methoxy groups -OCH3 is 1. The summed E-state index contributed by atoms with van der Waals surface area (Å²) in [6, 6.07) is 25.1. The predicted molar refractivity (Wildman–Crippen MR) is 152 cm³/mol. The molecule has 1 aliphatic rings. The number of nitrogens with zero attached hydrogens (tertiary/aromatic N) is 4. The first-order chi connectivity index (χ1) is 18.9. The SMILES string of the molecule is COC(=O)[C@@H]1Cc2c(ncn2Cc2ccc(N(C)C)c(C)c2)CN1C(=O)C(c1ccccc1)c1ccccc1. The summed E-state index contributed by atoms with van der Waals surface area (Å²) in [5.41, 5.74) is 7.06. The molecule has 200 valence electrons. The van der Waals surface area contributed by atoms with Crippen LogP contribution in [0.25, 0.3) is 0 Å². The molecule has 7 nitrogen and oxygen atoms in total. The normalized spacial score (nSPS) is 14.7. The van der Waals surface area contributed by atoms with Gasteiger partial charge in [0, 0.05) is 38.4 Å². The van der Waals surface area contributed by atoms with E-state index < -0.39 is 17.9 Å². The number of ether oxygens (including phenoxy) is 1. The Labute approximate surface area is 229 Å². The maximum Gasteiger partial charge on any atom is 0.328 e. The van der Waals surface area contributed by atoms with Crippen LogP contribution in [0.3, 0.4) is 0 Å². The monoisotopic (exact) mass is 522 g/mol. The van der Waals surface area contributed by atoms with Crippen molar-refractivity contribution in [2.75, 3.05) is 26.1 Å². The third kappa shape index (κ3) is 5.30. The van der Waals surface area contributed by atoms with E-state index in [1.165, 1.54) is 18.4 Å². The number of imidazole rings is 1. The first-order valence-corrected chi connectivity index (χ1v) is 13.1. The molecule has 1 aliphatic heterocycles. The van der Waals surface area contributed by atoms with Crippen molar-refractivity contribution in [2.45, 2.75) is 38.4 Å². The van der Waals surface area contributed by atoms with Gasteiger partial charge in [0.15, 0.2) is 0 Å². The minimum absolute atomic E-state index is 0.141. The van der Waals surface area contributed by atoms with E-state index in [9.17, 15) is 9.59 Å². The molecule has 7 heteroatoms. The number of hydrogen-bond donors (Lipinski definition) is 0. The highest BCUT2D eigenvalue weighted by molar-refractivity contribution is 5.91. The van der Waals surface area contributed by atoms with Crippen LogP contribution in [0.5, 0.6) is 0 Å². The lowest BCUT2D eigenvalue weighted by molar-refractivity contribution is -0.154. The highest BCUT2D eigenvalue weighted by Gasteiger charge is 2.40. The number of esters is 1. The maximum absolute atomic E-state index is 14.2. The Morgan fingerprint density at radius 1 is 1.00 bits per heavy atom. The molecule has 1 atom stereocenters. The summed E-state index contributed by atoms with van der Waals surface area (Å²) >= 11 is 0. The first kappa shape index (κ1) is 26.2. The van der Waals surface area contributed by atoms with Crippen molar-refractivity contribution in [1.82, 2.24) is 14.5 Å². The van der Waals surface area contributed by atoms with Crippen LogP contribution in [0.15, 0.2) is 85.2 Å². The van der Waals surface area contributed by atoms with Gasteiger partial charge in [0.2, 0.25) is 5.91 Å². The van der Waals surface area contributed by atoms with Gasteiger partial charge in [-0.3, -0.25) is 4.79 Å². The van der Waals surface area contributed by atoms with Crippen LogP contribution in [0, 0.1) is 6.92 Å². The van der Waals surface area contributed by atoms with E-state index in [-0.39, 0.29) is 12.5 Å². The molecule has 0 saturated carbocycles. The van der Waals surface area contributed by atoms with E-state index in [2.05, 4.69) is 39.6 Å². The maximum atomic E-state index is 14.2. The number of anilines is 1. The number of carbonyl (C=O) groups excluding carboxylic acids is 2. The second kappa shape index (κ2) is 11.2. The number of aryl methyl sites for hydroxylation is 1. The predicted octanol–water partition coefficient (Wildman–Crippen LogP) is 4.56. The van der Waals surface area contributed by atoms with E-state index in [1.807, 2.05) is 81.1 Å². The van der Waals surface area contributed by atoms with Crippen LogP contribution in [0.2, 0.25) is 0 Å². The van der Waals surface area contributed by atoms with Crippen LogP contribution in [-0.4, -0.2) is 53.6 Å². The standard InChI is InChI=1S/C32H34N4O3/c1-22-17-23(15-16-27(22)34(2)3)19-35-21-33-26-20-36(29(18-28(26)35)32(38)39-4)31(37)30(24-11-7-5-8-12-24)25-13-9-6-10-14-25/h5-17,21,29-30H,18-20H2,1-4H3/t29-/m0/s1. The summed E-state index contributed by atoms with van der Waals surface area (Å²) in [5, 5.41) is 0. The van der Waals surface area contributed by atoms with E-state index in [0.717, 1.165) is 28.1 Å². The lowest BCUT2D eigenvalue weighted by Gasteiger charge is -2.36. The Morgan fingerprint density at radius 2 is 1.64 bits per heavy atom. The molecule has 3 aromatic carbocycles. The van der Waals surface area contributed by atoms with E-state index in [4.69, 9.17) is 4.74 Å². The van der Waals surface area contributed by atoms with Gasteiger partial charge in [0.05, 0.1) is 31.6 Å². The molecule has 0 bridgehead atoms. The smallest absolute Gasteiger partial charge is 0.328 e. The molecule has 0 spiro atoms. The molecule has 0 saturated heterocycles. The van der Waals surface area contributed by atoms with E-state index in [1.54, 1.807) is 4.90 Å². The average molecular weight is 523 g/mol. The van der Waals surface area contributed by atoms with Crippen LogP contribution in [0.1, 0.15) is 39.6 Å². The van der Waals surface area contributed by atoms with Crippen LogP contribution in [0.4, 0.5) is 5.69 Å². The largest absolute Gasteiger partial charge is 0.467 e. The zero-order valence-corrected chi connectivity index (χ0v) is 22.9. The van der Waals surface area contributed by atoms with Gasteiger partial charge in [-0.15, -0.1) is 0 Å². The first-order valence-electron chi connectivity index (χ1n) is 13.1. The molecule has 2 heterocycles. The van der Waals surface area contributed by atoms with Crippen LogP contribution >= 0.6 is 0 Å². The van der Waals surface area contributed by atoms with Crippen LogP contribution in [-0.2, 0) is 33.8 Å². The summed E-state index contributed by atoms with van der Waals surface area (Å²) in [5.74, 6) is -1.10. The van der Waals surface area contributed by atoms with Gasteiger partial charge in [-0.2, -0.15) is 0 Å². The van der Waals surface area contributed by atoms with Crippen molar-refractivity contribution in [2.24, 2.45) is 0 Å². The summed E-state index contributed by atoms with van der Waals surface area (Å²) in [4.78, 5) is 35.7. The molecule has 0 radical (unpaired) electrons. The minimum atomic E-state index is -0.738. The van der Waals surface area contributed by atoms with Gasteiger partial charge in [-0.05, 0) is 35.2 Å². The third-order valence-corrected chi connectivity index (χ3v) is 7.48. The molecule has 1 amide bonds. The lowest BCUT2D eigenvalue weighted by atomic mass is 9.88. The van der Waals surface area contributed by atoms with Crippen molar-refractivity contribution in [3.05, 3.63) is 119 Å². The number of fused-ring (bicyclic) bond motifs is 1. The highest BCUT2D eigenvalue weighted by atomic mass is 16.5. The number of benzene rings is 3. The topological polar surface area (TPSA) is 67.7 Å². The van der Waals surface area contributed by atoms with Crippen molar-refractivity contribution in [3.63, 3.8) is 0 Å². The van der Waals surface area contributed by atoms with Crippen molar-refractivity contribution in [1.29, 1.82) is 0 Å². The lowest BCUT2D eigenvalue weighted by Crippen LogP contribution is -2.51. The fraction of sp³-hybridized carbons (Fsp3) is 0.281. The summed E-state index contributed by atoms with van der Waals surface area (Å²) in [6.45, 7) is 2.99. The molecule has 4 aromatic rings. The fourth-order valence-corrected chi connectivity index (χ4v) is 5.54. The molecule has 39 heavy (non-hydrogen) atoms. The second-order valence-electron chi connectivity index (χ2n) is 10.2. The number of aromatic nitrogens is 2. The van der Waals surface area contributed by atoms with Gasteiger partial charge >= 0.3 is 5.97 Å². The Bertz CT molecular complexity index is 1420. The Kier molecular flexibility index (Phi) is 7.50. The van der Waals surface area contributed by atoms with Gasteiger partial charge < -0.3 is 19.1 Å². The molecular formula is C32H34N4O3. The number of hydrogen-bond acceptors (Lipinski definition) is 5. The highest BCUT2D eigenvalue weighted by Crippen LogP contribution is 2.32. The Morgan fingerprint density at radius 3 is 2.21 bits per heavy atom. The Balaban J connectivity index is 1.48.